The Morgan fingerprint density at radius 2 is 2.09 bits per heavy atom. The Kier molecular flexibility index (Phi) is 7.33. The molecule has 0 radical (unpaired) electrons. The topological polar surface area (TPSA) is 66.7 Å². The second-order valence-corrected chi connectivity index (χ2v) is 6.23. The standard InChI is InChI=1S/C18H29N3O2/c1-3-15(4-2)20-17(21-22)16-11-8-12-19-18(16)23-13-14-9-6-5-7-10-14/h8,11-12,14-15,22H,3-7,9-10,13H2,1-2H3,(H,20,21). The molecule has 5 heteroatoms. The van der Waals surface area contributed by atoms with Gasteiger partial charge >= 0.3 is 0 Å². The van der Waals surface area contributed by atoms with E-state index in [-0.39, 0.29) is 6.04 Å². The maximum absolute atomic E-state index is 9.50. The van der Waals surface area contributed by atoms with Crippen molar-refractivity contribution in [1.82, 2.24) is 10.5 Å². The third-order valence-electron chi connectivity index (χ3n) is 4.57. The quantitative estimate of drug-likeness (QED) is 0.453. The van der Waals surface area contributed by atoms with Crippen LogP contribution in [0.25, 0.3) is 0 Å². The Balaban J connectivity index is 2.11. The van der Waals surface area contributed by atoms with Crippen LogP contribution in [0.1, 0.15) is 64.4 Å². The number of hydroxylamine groups is 1. The van der Waals surface area contributed by atoms with Crippen LogP contribution in [0.15, 0.2) is 23.3 Å². The van der Waals surface area contributed by atoms with Crippen LogP contribution in [0.3, 0.4) is 0 Å². The lowest BCUT2D eigenvalue weighted by Gasteiger charge is -2.22. The van der Waals surface area contributed by atoms with Gasteiger partial charge in [-0.15, -0.1) is 0 Å². The van der Waals surface area contributed by atoms with E-state index in [4.69, 9.17) is 4.74 Å². The maximum atomic E-state index is 9.50. The Hall–Kier alpha value is -1.62. The molecule has 0 saturated heterocycles. The first-order chi connectivity index (χ1) is 11.3. The van der Waals surface area contributed by atoms with Gasteiger partial charge in [-0.1, -0.05) is 33.1 Å². The number of nitrogens with one attached hydrogen (secondary N) is 1. The van der Waals surface area contributed by atoms with E-state index in [0.717, 1.165) is 18.4 Å². The fourth-order valence-corrected chi connectivity index (χ4v) is 3.05. The summed E-state index contributed by atoms with van der Waals surface area (Å²) in [5.41, 5.74) is 2.95. The van der Waals surface area contributed by atoms with Crippen molar-refractivity contribution < 1.29 is 9.94 Å². The fraction of sp³-hybridized carbons (Fsp3) is 0.667. The predicted molar refractivity (Wildman–Crippen MR) is 92.1 cm³/mol. The second kappa shape index (κ2) is 9.50. The third-order valence-corrected chi connectivity index (χ3v) is 4.57. The van der Waals surface area contributed by atoms with E-state index < -0.39 is 0 Å². The lowest BCUT2D eigenvalue weighted by atomic mass is 9.90. The van der Waals surface area contributed by atoms with Crippen molar-refractivity contribution in [3.8, 4) is 5.88 Å². The van der Waals surface area contributed by atoms with E-state index in [1.54, 1.807) is 6.20 Å². The second-order valence-electron chi connectivity index (χ2n) is 6.23. The van der Waals surface area contributed by atoms with Crippen LogP contribution in [0.2, 0.25) is 0 Å². The highest BCUT2D eigenvalue weighted by atomic mass is 16.5. The summed E-state index contributed by atoms with van der Waals surface area (Å²) >= 11 is 0. The van der Waals surface area contributed by atoms with Gasteiger partial charge in [0, 0.05) is 6.20 Å². The maximum Gasteiger partial charge on any atom is 0.224 e. The molecule has 2 rings (SSSR count). The summed E-state index contributed by atoms with van der Waals surface area (Å²) in [5.74, 6) is 1.59. The van der Waals surface area contributed by atoms with Gasteiger partial charge in [-0.25, -0.2) is 4.98 Å². The van der Waals surface area contributed by atoms with E-state index in [0.29, 0.717) is 24.2 Å². The molecule has 1 saturated carbocycles. The van der Waals surface area contributed by atoms with Crippen LogP contribution >= 0.6 is 0 Å². The molecule has 1 aliphatic carbocycles. The van der Waals surface area contributed by atoms with Crippen LogP contribution in [0, 0.1) is 5.92 Å². The molecule has 0 aliphatic heterocycles. The number of pyridine rings is 1. The number of rotatable bonds is 7. The molecular formula is C18H29N3O2. The molecule has 0 unspecified atom stereocenters. The van der Waals surface area contributed by atoms with E-state index >= 15 is 0 Å². The van der Waals surface area contributed by atoms with Gasteiger partial charge in [-0.3, -0.25) is 15.7 Å². The summed E-state index contributed by atoms with van der Waals surface area (Å²) in [5, 5.41) is 9.50. The number of ether oxygens (including phenoxy) is 1. The summed E-state index contributed by atoms with van der Waals surface area (Å²) in [7, 11) is 0. The van der Waals surface area contributed by atoms with Gasteiger partial charge < -0.3 is 4.74 Å². The molecule has 5 nitrogen and oxygen atoms in total. The number of aliphatic imine (C=N–C) groups is 1. The largest absolute Gasteiger partial charge is 0.477 e. The lowest BCUT2D eigenvalue weighted by Crippen LogP contribution is -2.25. The molecule has 0 aromatic carbocycles. The fourth-order valence-electron chi connectivity index (χ4n) is 3.05. The Morgan fingerprint density at radius 1 is 1.35 bits per heavy atom. The SMILES string of the molecule is CCC(CC)N=C(NO)c1cccnc1OCC1CCCCC1. The minimum atomic E-state index is 0.177. The highest BCUT2D eigenvalue weighted by molar-refractivity contribution is 6.00. The summed E-state index contributed by atoms with van der Waals surface area (Å²) in [6.45, 7) is 4.88. The molecule has 23 heavy (non-hydrogen) atoms. The Labute approximate surface area is 139 Å². The van der Waals surface area contributed by atoms with Gasteiger partial charge in [0.25, 0.3) is 0 Å². The molecule has 2 N–H and O–H groups in total. The van der Waals surface area contributed by atoms with Crippen molar-refractivity contribution >= 4 is 5.84 Å². The van der Waals surface area contributed by atoms with Crippen molar-refractivity contribution in [3.05, 3.63) is 23.9 Å². The third kappa shape index (κ3) is 5.20. The molecule has 0 atom stereocenters. The van der Waals surface area contributed by atoms with Crippen molar-refractivity contribution in [3.63, 3.8) is 0 Å². The highest BCUT2D eigenvalue weighted by Gasteiger charge is 2.17. The van der Waals surface area contributed by atoms with E-state index in [1.165, 1.54) is 32.1 Å². The van der Waals surface area contributed by atoms with Crippen molar-refractivity contribution in [1.29, 1.82) is 0 Å². The van der Waals surface area contributed by atoms with Crippen LogP contribution in [-0.2, 0) is 0 Å². The summed E-state index contributed by atoms with van der Waals surface area (Å²) in [4.78, 5) is 8.93. The molecule has 0 spiro atoms. The van der Waals surface area contributed by atoms with Gasteiger partial charge in [0.1, 0.15) is 0 Å². The van der Waals surface area contributed by atoms with Gasteiger partial charge in [-0.05, 0) is 43.7 Å². The molecule has 1 aliphatic rings. The predicted octanol–water partition coefficient (Wildman–Crippen LogP) is 3.95. The summed E-state index contributed by atoms with van der Waals surface area (Å²) in [6.07, 6.45) is 9.97. The number of hydrogen-bond acceptors (Lipinski definition) is 4. The highest BCUT2D eigenvalue weighted by Crippen LogP contribution is 2.25. The van der Waals surface area contributed by atoms with Crippen molar-refractivity contribution in [2.75, 3.05) is 6.61 Å². The Morgan fingerprint density at radius 3 is 2.74 bits per heavy atom. The first kappa shape index (κ1) is 17.7. The summed E-state index contributed by atoms with van der Waals surface area (Å²) < 4.78 is 5.97. The summed E-state index contributed by atoms with van der Waals surface area (Å²) in [6, 6.07) is 3.90. The molecule has 128 valence electrons. The molecule has 0 bridgehead atoms. The zero-order chi connectivity index (χ0) is 16.5. The monoisotopic (exact) mass is 319 g/mol. The first-order valence-corrected chi connectivity index (χ1v) is 8.84. The molecule has 1 aromatic rings. The van der Waals surface area contributed by atoms with E-state index in [9.17, 15) is 5.21 Å². The van der Waals surface area contributed by atoms with Crippen LogP contribution in [-0.4, -0.2) is 28.7 Å². The number of nitrogens with zero attached hydrogens (tertiary/aromatic N) is 2. The van der Waals surface area contributed by atoms with Crippen molar-refractivity contribution in [2.24, 2.45) is 10.9 Å². The number of amidine groups is 1. The van der Waals surface area contributed by atoms with E-state index in [1.807, 2.05) is 12.1 Å². The number of hydrogen-bond donors (Lipinski definition) is 2. The average Bonchev–Trinajstić information content (AvgIpc) is 2.62. The average molecular weight is 319 g/mol. The molecule has 1 aromatic heterocycles. The van der Waals surface area contributed by atoms with Crippen LogP contribution in [0.4, 0.5) is 0 Å². The van der Waals surface area contributed by atoms with Gasteiger partial charge in [0.05, 0.1) is 18.2 Å². The zero-order valence-electron chi connectivity index (χ0n) is 14.3. The smallest absolute Gasteiger partial charge is 0.224 e. The van der Waals surface area contributed by atoms with E-state index in [2.05, 4.69) is 29.3 Å². The zero-order valence-corrected chi connectivity index (χ0v) is 14.3. The van der Waals surface area contributed by atoms with Gasteiger partial charge in [0.2, 0.25) is 5.88 Å². The first-order valence-electron chi connectivity index (χ1n) is 8.84. The minimum Gasteiger partial charge on any atom is -0.477 e. The van der Waals surface area contributed by atoms with Gasteiger partial charge in [0.15, 0.2) is 5.84 Å². The normalized spacial score (nSPS) is 16.6. The minimum absolute atomic E-state index is 0.177. The molecule has 1 fully saturated rings. The van der Waals surface area contributed by atoms with Crippen LogP contribution in [0.5, 0.6) is 5.88 Å². The van der Waals surface area contributed by atoms with Crippen molar-refractivity contribution in [2.45, 2.75) is 64.8 Å². The molecule has 1 heterocycles. The molecular weight excluding hydrogens is 290 g/mol. The van der Waals surface area contributed by atoms with Gasteiger partial charge in [-0.2, -0.15) is 0 Å². The lowest BCUT2D eigenvalue weighted by molar-refractivity contribution is 0.201. The number of aromatic nitrogens is 1. The molecule has 0 amide bonds. The van der Waals surface area contributed by atoms with Crippen LogP contribution < -0.4 is 10.2 Å². The Bertz CT molecular complexity index is 495.